The molecule has 86 heavy (non-hydrogen) atoms. The van der Waals surface area contributed by atoms with Crippen molar-refractivity contribution in [2.45, 2.75) is 96.8 Å². The van der Waals surface area contributed by atoms with E-state index in [1.807, 2.05) is 0 Å². The maximum Gasteiger partial charge on any atom is 0.119 e. The number of nitrogens with zero attached hydrogens (tertiary/aromatic N) is 3. The van der Waals surface area contributed by atoms with Crippen LogP contribution in [-0.2, 0) is 0 Å². The van der Waals surface area contributed by atoms with Gasteiger partial charge in [0.25, 0.3) is 0 Å². The van der Waals surface area contributed by atoms with Gasteiger partial charge in [-0.05, 0) is 126 Å². The molecule has 0 aliphatic carbocycles. The molecule has 0 atom stereocenters. The van der Waals surface area contributed by atoms with Gasteiger partial charge in [-0.15, -0.1) is 0 Å². The average molecular weight is 1160 g/mol. The predicted molar refractivity (Wildman–Crippen MR) is 355 cm³/mol. The van der Waals surface area contributed by atoms with Crippen LogP contribution in [-0.4, -0.2) is 143 Å². The Morgan fingerprint density at radius 2 is 0.488 bits per heavy atom. The fourth-order valence-corrected chi connectivity index (χ4v) is 11.6. The van der Waals surface area contributed by atoms with Gasteiger partial charge in [0.1, 0.15) is 23.0 Å². The Bertz CT molecular complexity index is 3630. The third-order valence-corrected chi connectivity index (χ3v) is 16.2. The fraction of sp³-hybridized carbons (Fsp3) is 0.413. The van der Waals surface area contributed by atoms with E-state index < -0.39 is 0 Å². The highest BCUT2D eigenvalue weighted by Crippen LogP contribution is 2.31. The fourth-order valence-electron chi connectivity index (χ4n) is 11.6. The molecule has 456 valence electrons. The van der Waals surface area contributed by atoms with Gasteiger partial charge in [-0.2, -0.15) is 0 Å². The highest BCUT2D eigenvalue weighted by molar-refractivity contribution is 5.85. The summed E-state index contributed by atoms with van der Waals surface area (Å²) in [6, 6.07) is 52.1. The molecule has 0 saturated heterocycles. The number of hydrogen-bond donors (Lipinski definition) is 4. The van der Waals surface area contributed by atoms with E-state index in [2.05, 4.69) is 236 Å². The highest BCUT2D eigenvalue weighted by atomic mass is 16.5. The van der Waals surface area contributed by atoms with E-state index in [0.717, 1.165) is 177 Å². The summed E-state index contributed by atoms with van der Waals surface area (Å²) < 4.78 is 28.1. The SMILES string of the molecule is CCCCCCCCCCCCCOc1ccc(C2=c3ccc([nH]3)=C(c3ccc(OCCC[N+](C)(C)C)cc3)c3ccc([nH]3)C(c3ccc(OCCC[N+](C)(C)C)cc3)=c3ccc([nH]3)=C(c3ccc(OCCC[N+](C)(C)C)cc3)c3ccc2[nH]3)cc1. The number of quaternary nitrogens is 3. The zero-order chi connectivity index (χ0) is 60.5. The summed E-state index contributed by atoms with van der Waals surface area (Å²) in [7, 11) is 20.0. The normalized spacial score (nSPS) is 13.0. The van der Waals surface area contributed by atoms with E-state index in [4.69, 9.17) is 18.9 Å². The first-order chi connectivity index (χ1) is 41.5. The second-order valence-corrected chi connectivity index (χ2v) is 26.8. The minimum absolute atomic E-state index is 0.664. The van der Waals surface area contributed by atoms with Crippen LogP contribution in [0.2, 0.25) is 0 Å². The third kappa shape index (κ3) is 18.3. The number of aromatic amines is 4. The Kier molecular flexibility index (Phi) is 21.8. The summed E-state index contributed by atoms with van der Waals surface area (Å²) in [4.78, 5) is 15.9. The molecule has 0 spiro atoms. The van der Waals surface area contributed by atoms with Crippen LogP contribution in [0.25, 0.3) is 22.3 Å². The van der Waals surface area contributed by atoms with Crippen LogP contribution in [0.5, 0.6) is 23.0 Å². The van der Waals surface area contributed by atoms with Gasteiger partial charge in [0.05, 0.1) is 109 Å². The first-order valence-corrected chi connectivity index (χ1v) is 32.1. The van der Waals surface area contributed by atoms with E-state index in [1.165, 1.54) is 64.2 Å². The molecule has 4 aromatic carbocycles. The molecule has 1 aliphatic rings. The number of H-pyrrole nitrogens is 4. The van der Waals surface area contributed by atoms with Crippen molar-refractivity contribution in [2.75, 3.05) is 109 Å². The Labute approximate surface area is 513 Å². The van der Waals surface area contributed by atoms with Crippen LogP contribution in [0, 0.1) is 0 Å². The van der Waals surface area contributed by atoms with Crippen LogP contribution in [0.4, 0.5) is 0 Å². The highest BCUT2D eigenvalue weighted by Gasteiger charge is 2.20. The van der Waals surface area contributed by atoms with Gasteiger partial charge in [0, 0.05) is 85.7 Å². The number of aromatic nitrogens is 4. The molecule has 0 radical (unpaired) electrons. The molecular formula is C75H100N7O4+3. The lowest BCUT2D eigenvalue weighted by Crippen LogP contribution is -2.36. The van der Waals surface area contributed by atoms with Crippen LogP contribution in [0.1, 0.15) is 142 Å². The topological polar surface area (TPSA) is 100 Å². The standard InChI is InChI=1S/C75H100N7O4/c1-11-12-13-14-15-16-17-18-19-20-21-52-83-60-33-25-56(26-34-60)72-64-41-43-66(76-64)73(57-27-35-61(36-28-57)84-53-22-49-80(2,3)4)68-45-47-70(78-68)75(59-31-39-63(40-32-59)86-55-24-51-82(8,9)10)71-48-46-69(79-71)74(67-44-42-65(72)77-67)58-29-37-62(38-30-58)85-54-23-50-81(5,6)7/h25-48,76-79H,11-24,49-55H2,1-10H3/q+3. The lowest BCUT2D eigenvalue weighted by Gasteiger charge is -2.23. The van der Waals surface area contributed by atoms with E-state index in [9.17, 15) is 0 Å². The summed E-state index contributed by atoms with van der Waals surface area (Å²) in [5, 5.41) is 3.93. The number of rotatable bonds is 32. The molecule has 1 aliphatic heterocycles. The van der Waals surface area contributed by atoms with E-state index in [1.54, 1.807) is 0 Å². The zero-order valence-corrected chi connectivity index (χ0v) is 53.7. The second-order valence-electron chi connectivity index (χ2n) is 26.8. The quantitative estimate of drug-likeness (QED) is 0.0249. The van der Waals surface area contributed by atoms with Gasteiger partial charge in [-0.25, -0.2) is 0 Å². The predicted octanol–water partition coefficient (Wildman–Crippen LogP) is 12.4. The summed E-state index contributed by atoms with van der Waals surface area (Å²) in [6.45, 7) is 8.12. The largest absolute Gasteiger partial charge is 0.494 e. The van der Waals surface area contributed by atoms with Crippen molar-refractivity contribution in [2.24, 2.45) is 0 Å². The Morgan fingerprint density at radius 3 is 0.733 bits per heavy atom. The molecule has 11 nitrogen and oxygen atoms in total. The third-order valence-electron chi connectivity index (χ3n) is 16.2. The number of ether oxygens (including phenoxy) is 4. The maximum atomic E-state index is 6.40. The first kappa shape index (κ1) is 63.1. The smallest absolute Gasteiger partial charge is 0.119 e. The number of nitrogens with one attached hydrogen (secondary N) is 4. The van der Waals surface area contributed by atoms with Gasteiger partial charge in [0.2, 0.25) is 0 Å². The zero-order valence-electron chi connectivity index (χ0n) is 53.7. The molecule has 8 aromatic rings. The molecule has 0 fully saturated rings. The Balaban J connectivity index is 1.12. The molecule has 4 aromatic heterocycles. The molecule has 5 heterocycles. The Morgan fingerprint density at radius 1 is 0.256 bits per heavy atom. The summed E-state index contributed by atoms with van der Waals surface area (Å²) in [5.74, 6) is 3.46. The van der Waals surface area contributed by atoms with E-state index >= 15 is 0 Å². The van der Waals surface area contributed by atoms with Crippen molar-refractivity contribution in [1.82, 2.24) is 19.9 Å². The second kappa shape index (κ2) is 29.8. The lowest BCUT2D eigenvalue weighted by atomic mass is 10.0. The van der Waals surface area contributed by atoms with E-state index in [-0.39, 0.29) is 0 Å². The summed E-state index contributed by atoms with van der Waals surface area (Å²) >= 11 is 0. The molecule has 0 unspecified atom stereocenters. The molecule has 4 N–H and O–H groups in total. The van der Waals surface area contributed by atoms with Crippen LogP contribution in [0.3, 0.4) is 0 Å². The van der Waals surface area contributed by atoms with Crippen LogP contribution < -0.4 is 40.3 Å². The van der Waals surface area contributed by atoms with Crippen LogP contribution >= 0.6 is 0 Å². The van der Waals surface area contributed by atoms with Gasteiger partial charge < -0.3 is 52.3 Å². The van der Waals surface area contributed by atoms with Gasteiger partial charge in [0.15, 0.2) is 0 Å². The number of fused-ring (bicyclic) bond motifs is 8. The van der Waals surface area contributed by atoms with E-state index in [0.29, 0.717) is 19.8 Å². The van der Waals surface area contributed by atoms with Crippen molar-refractivity contribution < 1.29 is 32.4 Å². The molecule has 8 bridgehead atoms. The minimum atomic E-state index is 0.664. The molecule has 0 amide bonds. The average Bonchev–Trinajstić information content (AvgIpc) is 2.37. The molecule has 0 saturated carbocycles. The molecule has 9 rings (SSSR count). The van der Waals surface area contributed by atoms with Crippen molar-refractivity contribution in [3.63, 3.8) is 0 Å². The number of benzene rings is 4. The molecular weight excluding hydrogens is 1060 g/mol. The van der Waals surface area contributed by atoms with Gasteiger partial charge in [-0.1, -0.05) is 120 Å². The first-order valence-electron chi connectivity index (χ1n) is 32.1. The minimum Gasteiger partial charge on any atom is -0.494 e. The molecule has 11 heteroatoms. The van der Waals surface area contributed by atoms with Crippen LogP contribution in [0.15, 0.2) is 146 Å². The van der Waals surface area contributed by atoms with Crippen molar-refractivity contribution in [3.8, 4) is 23.0 Å². The monoisotopic (exact) mass is 1160 g/mol. The number of unbranched alkanes of at least 4 members (excludes halogenated alkanes) is 10. The summed E-state index contributed by atoms with van der Waals surface area (Å²) in [5.41, 5.74) is 12.4. The number of hydrogen-bond acceptors (Lipinski definition) is 4. The van der Waals surface area contributed by atoms with Crippen molar-refractivity contribution in [3.05, 3.63) is 212 Å². The summed E-state index contributed by atoms with van der Waals surface area (Å²) in [6.07, 6.45) is 17.3. The lowest BCUT2D eigenvalue weighted by molar-refractivity contribution is -0.870. The van der Waals surface area contributed by atoms with Crippen molar-refractivity contribution in [1.29, 1.82) is 0 Å². The van der Waals surface area contributed by atoms with Crippen molar-refractivity contribution >= 4 is 22.3 Å². The van der Waals surface area contributed by atoms with Gasteiger partial charge >= 0.3 is 0 Å². The van der Waals surface area contributed by atoms with Gasteiger partial charge in [-0.3, -0.25) is 0 Å². The maximum absolute atomic E-state index is 6.40. The Hall–Kier alpha value is -7.44.